The summed E-state index contributed by atoms with van der Waals surface area (Å²) >= 11 is 8.79. The average molecular weight is 569 g/mol. The smallest absolute Gasteiger partial charge is 0.261 e. The maximum Gasteiger partial charge on any atom is 0.261 e. The summed E-state index contributed by atoms with van der Waals surface area (Å²) in [5.41, 5.74) is 2.26. The van der Waals surface area contributed by atoms with E-state index in [1.165, 1.54) is 0 Å². The van der Waals surface area contributed by atoms with Crippen molar-refractivity contribution in [3.05, 3.63) is 88.4 Å². The Morgan fingerprint density at radius 3 is 2.50 bits per heavy atom. The van der Waals surface area contributed by atoms with Crippen molar-refractivity contribution >= 4 is 56.4 Å². The summed E-state index contributed by atoms with van der Waals surface area (Å²) in [5, 5.41) is 5.82. The quantitative estimate of drug-likeness (QED) is 0.208. The zero-order valence-corrected chi connectivity index (χ0v) is 22.8. The van der Waals surface area contributed by atoms with Gasteiger partial charge in [0.1, 0.15) is 5.75 Å². The number of carbonyl (C=O) groups excluding carboxylic acids is 2. The molecule has 0 aromatic heterocycles. The fourth-order valence-electron chi connectivity index (χ4n) is 3.54. The van der Waals surface area contributed by atoms with Crippen LogP contribution in [-0.4, -0.2) is 30.6 Å². The highest BCUT2D eigenvalue weighted by Gasteiger charge is 2.16. The lowest BCUT2D eigenvalue weighted by Crippen LogP contribution is -2.34. The normalized spacial score (nSPS) is 10.4. The second-order valence-electron chi connectivity index (χ2n) is 8.24. The van der Waals surface area contributed by atoms with Crippen LogP contribution in [0.4, 0.5) is 11.4 Å². The van der Waals surface area contributed by atoms with Gasteiger partial charge in [0.25, 0.3) is 11.8 Å². The van der Waals surface area contributed by atoms with E-state index in [4.69, 9.17) is 17.0 Å². The molecule has 0 saturated heterocycles. The number of hydrogen-bond acceptors (Lipinski definition) is 4. The summed E-state index contributed by atoms with van der Waals surface area (Å²) in [6.07, 6.45) is 4.33. The van der Waals surface area contributed by atoms with Crippen LogP contribution < -0.4 is 20.3 Å². The number of rotatable bonds is 10. The molecule has 8 heteroatoms. The van der Waals surface area contributed by atoms with Gasteiger partial charge in [-0.1, -0.05) is 66.4 Å². The van der Waals surface area contributed by atoms with Crippen molar-refractivity contribution < 1.29 is 14.3 Å². The predicted octanol–water partition coefficient (Wildman–Crippen LogP) is 6.81. The molecule has 0 heterocycles. The van der Waals surface area contributed by atoms with E-state index in [-0.39, 0.29) is 16.9 Å². The molecule has 2 amide bonds. The summed E-state index contributed by atoms with van der Waals surface area (Å²) in [6.45, 7) is 2.70. The summed E-state index contributed by atoms with van der Waals surface area (Å²) in [4.78, 5) is 27.5. The van der Waals surface area contributed by atoms with E-state index in [1.54, 1.807) is 48.3 Å². The molecule has 0 radical (unpaired) electrons. The average Bonchev–Trinajstić information content (AvgIpc) is 2.89. The van der Waals surface area contributed by atoms with Gasteiger partial charge < -0.3 is 15.0 Å². The molecule has 0 fully saturated rings. The van der Waals surface area contributed by atoms with Crippen LogP contribution >= 0.6 is 28.1 Å². The van der Waals surface area contributed by atoms with Crippen LogP contribution in [0.25, 0.3) is 0 Å². The third kappa shape index (κ3) is 7.90. The Bertz CT molecular complexity index is 1200. The molecule has 36 heavy (non-hydrogen) atoms. The monoisotopic (exact) mass is 567 g/mol. The number of anilines is 2. The first-order valence-corrected chi connectivity index (χ1v) is 13.1. The minimum absolute atomic E-state index is 0.120. The number of ether oxygens (including phenoxy) is 1. The van der Waals surface area contributed by atoms with Crippen molar-refractivity contribution in [3.63, 3.8) is 0 Å². The fourth-order valence-corrected chi connectivity index (χ4v) is 4.11. The molecule has 0 atom stereocenters. The lowest BCUT2D eigenvalue weighted by molar-refractivity contribution is 0.0970. The Kier molecular flexibility index (Phi) is 10.5. The van der Waals surface area contributed by atoms with E-state index >= 15 is 0 Å². The van der Waals surface area contributed by atoms with Gasteiger partial charge in [0.2, 0.25) is 0 Å². The van der Waals surface area contributed by atoms with Crippen molar-refractivity contribution in [1.29, 1.82) is 0 Å². The van der Waals surface area contributed by atoms with Gasteiger partial charge in [-0.05, 0) is 67.2 Å². The van der Waals surface area contributed by atoms with Gasteiger partial charge in [-0.15, -0.1) is 0 Å². The molecule has 0 bridgehead atoms. The molecule has 0 aliphatic carbocycles. The molecule has 3 aromatic carbocycles. The lowest BCUT2D eigenvalue weighted by atomic mass is 10.1. The number of nitrogens with one attached hydrogen (secondary N) is 2. The topological polar surface area (TPSA) is 70.7 Å². The van der Waals surface area contributed by atoms with Gasteiger partial charge in [0, 0.05) is 28.5 Å². The van der Waals surface area contributed by atoms with Crippen LogP contribution in [0.2, 0.25) is 0 Å². The number of halogens is 1. The maximum atomic E-state index is 13.0. The minimum atomic E-state index is -0.381. The van der Waals surface area contributed by atoms with E-state index in [9.17, 15) is 9.59 Å². The van der Waals surface area contributed by atoms with Crippen LogP contribution in [0.5, 0.6) is 5.75 Å². The Hall–Kier alpha value is -3.23. The molecule has 3 rings (SSSR count). The molecule has 2 N–H and O–H groups in total. The van der Waals surface area contributed by atoms with Crippen LogP contribution in [0, 0.1) is 0 Å². The van der Waals surface area contributed by atoms with Crippen molar-refractivity contribution in [1.82, 2.24) is 5.32 Å². The van der Waals surface area contributed by atoms with Crippen molar-refractivity contribution in [2.24, 2.45) is 0 Å². The third-order valence-electron chi connectivity index (χ3n) is 5.48. The Balaban J connectivity index is 1.63. The SMILES string of the molecule is CCCCCCOc1ccc(Br)cc1C(=O)NC(=S)Nc1cccc(C(=O)N(C)c2ccccc2)c1. The number of hydrogen-bond donors (Lipinski definition) is 2. The van der Waals surface area contributed by atoms with E-state index in [2.05, 4.69) is 33.5 Å². The number of thiocarbonyl (C=S) groups is 1. The molecule has 6 nitrogen and oxygen atoms in total. The molecular formula is C28H30BrN3O3S. The zero-order chi connectivity index (χ0) is 25.9. The summed E-state index contributed by atoms with van der Waals surface area (Å²) in [7, 11) is 1.73. The number of carbonyl (C=O) groups is 2. The summed E-state index contributed by atoms with van der Waals surface area (Å²) < 4.78 is 6.64. The van der Waals surface area contributed by atoms with E-state index in [0.29, 0.717) is 29.2 Å². The van der Waals surface area contributed by atoms with Gasteiger partial charge >= 0.3 is 0 Å². The van der Waals surface area contributed by atoms with Crippen LogP contribution in [0.15, 0.2) is 77.3 Å². The number of benzene rings is 3. The first kappa shape index (κ1) is 27.4. The highest BCUT2D eigenvalue weighted by molar-refractivity contribution is 9.10. The number of para-hydroxylation sites is 1. The Morgan fingerprint density at radius 1 is 0.972 bits per heavy atom. The van der Waals surface area contributed by atoms with Crippen molar-refractivity contribution in [2.45, 2.75) is 32.6 Å². The van der Waals surface area contributed by atoms with Gasteiger partial charge in [-0.2, -0.15) is 0 Å². The zero-order valence-electron chi connectivity index (χ0n) is 20.4. The van der Waals surface area contributed by atoms with Crippen molar-refractivity contribution in [2.75, 3.05) is 23.9 Å². The Morgan fingerprint density at radius 2 is 1.75 bits per heavy atom. The molecular weight excluding hydrogens is 538 g/mol. The highest BCUT2D eigenvalue weighted by atomic mass is 79.9. The lowest BCUT2D eigenvalue weighted by Gasteiger charge is -2.18. The maximum absolute atomic E-state index is 13.0. The molecule has 0 unspecified atom stereocenters. The first-order chi connectivity index (χ1) is 17.4. The van der Waals surface area contributed by atoms with Gasteiger partial charge in [-0.25, -0.2) is 0 Å². The second kappa shape index (κ2) is 13.8. The highest BCUT2D eigenvalue weighted by Crippen LogP contribution is 2.24. The fraction of sp³-hybridized carbons (Fsp3) is 0.250. The number of unbranched alkanes of at least 4 members (excludes halogenated alkanes) is 3. The van der Waals surface area contributed by atoms with E-state index < -0.39 is 0 Å². The Labute approximate surface area is 226 Å². The second-order valence-corrected chi connectivity index (χ2v) is 9.56. The van der Waals surface area contributed by atoms with Crippen molar-refractivity contribution in [3.8, 4) is 5.75 Å². The number of amides is 2. The summed E-state index contributed by atoms with van der Waals surface area (Å²) in [5.74, 6) is -0.0328. The third-order valence-corrected chi connectivity index (χ3v) is 6.18. The number of nitrogens with zero attached hydrogens (tertiary/aromatic N) is 1. The minimum Gasteiger partial charge on any atom is -0.493 e. The van der Waals surface area contributed by atoms with Gasteiger partial charge in [0.05, 0.1) is 12.2 Å². The molecule has 0 spiro atoms. The van der Waals surface area contributed by atoms with Crippen LogP contribution in [-0.2, 0) is 0 Å². The first-order valence-electron chi connectivity index (χ1n) is 11.9. The van der Waals surface area contributed by atoms with E-state index in [0.717, 1.165) is 35.8 Å². The summed E-state index contributed by atoms with van der Waals surface area (Å²) in [6, 6.07) is 21.7. The molecule has 0 aliphatic rings. The van der Waals surface area contributed by atoms with Crippen LogP contribution in [0.1, 0.15) is 53.3 Å². The molecule has 0 saturated carbocycles. The predicted molar refractivity (Wildman–Crippen MR) is 153 cm³/mol. The standard InChI is InChI=1S/C28H30BrN3O3S/c1-3-4-5-9-17-35-25-16-15-21(29)19-24(25)26(33)31-28(36)30-22-12-10-11-20(18-22)27(34)32(2)23-13-7-6-8-14-23/h6-8,10-16,18-19H,3-5,9,17H2,1-2H3,(H2,30,31,33,36). The molecule has 3 aromatic rings. The molecule has 0 aliphatic heterocycles. The van der Waals surface area contributed by atoms with Crippen LogP contribution in [0.3, 0.4) is 0 Å². The largest absolute Gasteiger partial charge is 0.493 e. The molecule has 188 valence electrons. The van der Waals surface area contributed by atoms with Gasteiger partial charge in [-0.3, -0.25) is 14.9 Å². The van der Waals surface area contributed by atoms with Gasteiger partial charge in [0.15, 0.2) is 5.11 Å². The van der Waals surface area contributed by atoms with E-state index in [1.807, 2.05) is 36.4 Å².